The molecule has 102 valence electrons. The van der Waals surface area contributed by atoms with Crippen LogP contribution in [0.15, 0.2) is 41.3 Å². The van der Waals surface area contributed by atoms with Gasteiger partial charge in [0.25, 0.3) is 0 Å². The first-order chi connectivity index (χ1) is 9.10. The molecule has 1 aromatic carbocycles. The van der Waals surface area contributed by atoms with Crippen LogP contribution < -0.4 is 10.5 Å². The average molecular weight is 293 g/mol. The molecule has 1 heterocycles. The number of rotatable bonds is 5. The number of thiophene rings is 1. The molecule has 0 aliphatic heterocycles. The topological polar surface area (TPSA) is 35.2 Å². The molecule has 0 amide bonds. The van der Waals surface area contributed by atoms with E-state index in [9.17, 15) is 0 Å². The second-order valence-corrected chi connectivity index (χ2v) is 7.06. The van der Waals surface area contributed by atoms with Gasteiger partial charge in [-0.1, -0.05) is 6.07 Å². The van der Waals surface area contributed by atoms with Gasteiger partial charge < -0.3 is 10.5 Å². The Morgan fingerprint density at radius 2 is 2.05 bits per heavy atom. The summed E-state index contributed by atoms with van der Waals surface area (Å²) >= 11 is 3.62. The highest BCUT2D eigenvalue weighted by molar-refractivity contribution is 7.99. The summed E-state index contributed by atoms with van der Waals surface area (Å²) < 4.78 is 5.26. The van der Waals surface area contributed by atoms with E-state index in [0.29, 0.717) is 0 Å². The summed E-state index contributed by atoms with van der Waals surface area (Å²) in [5.41, 5.74) is 6.15. The van der Waals surface area contributed by atoms with Crippen molar-refractivity contribution in [2.45, 2.75) is 30.0 Å². The molecule has 2 nitrogen and oxygen atoms in total. The zero-order chi connectivity index (χ0) is 13.8. The van der Waals surface area contributed by atoms with Gasteiger partial charge in [-0.3, -0.25) is 0 Å². The summed E-state index contributed by atoms with van der Waals surface area (Å²) in [5.74, 6) is 0.885. The Morgan fingerprint density at radius 3 is 2.63 bits per heavy atom. The van der Waals surface area contributed by atoms with Gasteiger partial charge in [0.2, 0.25) is 0 Å². The fraction of sp³-hybridized carbons (Fsp3) is 0.333. The number of benzene rings is 1. The monoisotopic (exact) mass is 293 g/mol. The lowest BCUT2D eigenvalue weighted by atomic mass is 10.2. The standard InChI is InChI=1S/C15H19NOS2/c1-10-7-8-14(18-10)15(11(2)16)19-13-6-4-5-12(9-13)17-3/h4-9,11,15H,16H2,1-3H3. The van der Waals surface area contributed by atoms with Gasteiger partial charge in [-0.25, -0.2) is 0 Å². The predicted octanol–water partition coefficient (Wildman–Crippen LogP) is 4.25. The Bertz CT molecular complexity index is 536. The van der Waals surface area contributed by atoms with Crippen LogP contribution in [0.3, 0.4) is 0 Å². The van der Waals surface area contributed by atoms with E-state index in [1.165, 1.54) is 14.6 Å². The minimum Gasteiger partial charge on any atom is -0.497 e. The minimum absolute atomic E-state index is 0.106. The quantitative estimate of drug-likeness (QED) is 0.837. The Morgan fingerprint density at radius 1 is 1.26 bits per heavy atom. The van der Waals surface area contributed by atoms with E-state index in [-0.39, 0.29) is 11.3 Å². The molecule has 2 unspecified atom stereocenters. The number of thioether (sulfide) groups is 1. The molecule has 19 heavy (non-hydrogen) atoms. The van der Waals surface area contributed by atoms with Gasteiger partial charge in [0.15, 0.2) is 0 Å². The van der Waals surface area contributed by atoms with Gasteiger partial charge in [-0.15, -0.1) is 23.1 Å². The maximum atomic E-state index is 6.15. The molecular formula is C15H19NOS2. The van der Waals surface area contributed by atoms with Crippen LogP contribution in [-0.4, -0.2) is 13.2 Å². The van der Waals surface area contributed by atoms with Gasteiger partial charge >= 0.3 is 0 Å². The summed E-state index contributed by atoms with van der Waals surface area (Å²) in [6.07, 6.45) is 0. The van der Waals surface area contributed by atoms with Crippen molar-refractivity contribution in [2.75, 3.05) is 7.11 Å². The molecule has 2 atom stereocenters. The van der Waals surface area contributed by atoms with E-state index in [2.05, 4.69) is 38.1 Å². The number of ether oxygens (including phenoxy) is 1. The van der Waals surface area contributed by atoms with Crippen molar-refractivity contribution >= 4 is 23.1 Å². The lowest BCUT2D eigenvalue weighted by Crippen LogP contribution is -2.21. The first kappa shape index (κ1) is 14.4. The number of methoxy groups -OCH3 is 1. The maximum absolute atomic E-state index is 6.15. The summed E-state index contributed by atoms with van der Waals surface area (Å²) in [5, 5.41) is 0.283. The molecule has 2 rings (SSSR count). The molecule has 2 N–H and O–H groups in total. The third-order valence-electron chi connectivity index (χ3n) is 2.82. The van der Waals surface area contributed by atoms with E-state index in [1.807, 2.05) is 23.5 Å². The maximum Gasteiger partial charge on any atom is 0.119 e. The first-order valence-corrected chi connectivity index (χ1v) is 7.92. The molecule has 0 aliphatic rings. The van der Waals surface area contributed by atoms with E-state index in [0.717, 1.165) is 5.75 Å². The summed E-state index contributed by atoms with van der Waals surface area (Å²) in [6.45, 7) is 4.19. The first-order valence-electron chi connectivity index (χ1n) is 6.23. The van der Waals surface area contributed by atoms with Crippen molar-refractivity contribution in [2.24, 2.45) is 5.73 Å². The van der Waals surface area contributed by atoms with Crippen LogP contribution in [-0.2, 0) is 0 Å². The van der Waals surface area contributed by atoms with Crippen molar-refractivity contribution in [1.29, 1.82) is 0 Å². The fourth-order valence-electron chi connectivity index (χ4n) is 1.85. The normalized spacial score (nSPS) is 14.1. The molecule has 0 aliphatic carbocycles. The van der Waals surface area contributed by atoms with Crippen molar-refractivity contribution in [3.8, 4) is 5.75 Å². The van der Waals surface area contributed by atoms with Crippen LogP contribution in [0.2, 0.25) is 0 Å². The SMILES string of the molecule is COc1cccc(SC(c2ccc(C)s2)C(C)N)c1. The molecule has 0 saturated heterocycles. The Kier molecular flexibility index (Phi) is 4.91. The van der Waals surface area contributed by atoms with Crippen LogP contribution >= 0.6 is 23.1 Å². The third kappa shape index (κ3) is 3.75. The highest BCUT2D eigenvalue weighted by Gasteiger charge is 2.19. The smallest absolute Gasteiger partial charge is 0.119 e. The highest BCUT2D eigenvalue weighted by Crippen LogP contribution is 2.40. The molecule has 0 bridgehead atoms. The van der Waals surface area contributed by atoms with E-state index in [1.54, 1.807) is 18.9 Å². The summed E-state index contributed by atoms with van der Waals surface area (Å²) in [4.78, 5) is 3.85. The van der Waals surface area contributed by atoms with Crippen molar-refractivity contribution < 1.29 is 4.74 Å². The summed E-state index contributed by atoms with van der Waals surface area (Å²) in [6, 6.07) is 12.6. The Hall–Kier alpha value is -0.970. The van der Waals surface area contributed by atoms with Gasteiger partial charge in [-0.05, 0) is 44.2 Å². The Labute approximate surface area is 123 Å². The van der Waals surface area contributed by atoms with Crippen LogP contribution in [0.5, 0.6) is 5.75 Å². The zero-order valence-electron chi connectivity index (χ0n) is 11.4. The molecule has 1 aromatic heterocycles. The number of aryl methyl sites for hydroxylation is 1. The van der Waals surface area contributed by atoms with Gasteiger partial charge in [0.05, 0.1) is 12.4 Å². The van der Waals surface area contributed by atoms with Crippen LogP contribution in [0.1, 0.15) is 21.9 Å². The lowest BCUT2D eigenvalue weighted by molar-refractivity contribution is 0.413. The number of hydrogen-bond donors (Lipinski definition) is 1. The van der Waals surface area contributed by atoms with Gasteiger partial charge in [0, 0.05) is 20.7 Å². The lowest BCUT2D eigenvalue weighted by Gasteiger charge is -2.19. The molecule has 2 aromatic rings. The largest absolute Gasteiger partial charge is 0.497 e. The fourth-order valence-corrected chi connectivity index (χ4v) is 4.16. The summed E-state index contributed by atoms with van der Waals surface area (Å²) in [7, 11) is 1.69. The van der Waals surface area contributed by atoms with Crippen molar-refractivity contribution in [3.63, 3.8) is 0 Å². The molecule has 0 spiro atoms. The number of hydrogen-bond acceptors (Lipinski definition) is 4. The second-order valence-electron chi connectivity index (χ2n) is 4.52. The van der Waals surface area contributed by atoms with Gasteiger partial charge in [0.1, 0.15) is 5.75 Å². The third-order valence-corrected chi connectivity index (χ3v) is 5.52. The molecule has 0 fully saturated rings. The number of nitrogens with two attached hydrogens (primary N) is 1. The second kappa shape index (κ2) is 6.46. The predicted molar refractivity (Wildman–Crippen MR) is 84.3 cm³/mol. The molecule has 0 radical (unpaired) electrons. The van der Waals surface area contributed by atoms with E-state index in [4.69, 9.17) is 10.5 Å². The van der Waals surface area contributed by atoms with Crippen LogP contribution in [0.4, 0.5) is 0 Å². The van der Waals surface area contributed by atoms with Crippen LogP contribution in [0.25, 0.3) is 0 Å². The highest BCUT2D eigenvalue weighted by atomic mass is 32.2. The van der Waals surface area contributed by atoms with E-state index < -0.39 is 0 Å². The molecular weight excluding hydrogens is 274 g/mol. The van der Waals surface area contributed by atoms with Gasteiger partial charge in [-0.2, -0.15) is 0 Å². The molecule has 0 saturated carbocycles. The van der Waals surface area contributed by atoms with Crippen molar-refractivity contribution in [1.82, 2.24) is 0 Å². The molecule has 4 heteroatoms. The van der Waals surface area contributed by atoms with Crippen LogP contribution in [0, 0.1) is 6.92 Å². The minimum atomic E-state index is 0.106. The average Bonchev–Trinajstić information content (AvgIpc) is 2.82. The Balaban J connectivity index is 2.21. The zero-order valence-corrected chi connectivity index (χ0v) is 13.1. The van der Waals surface area contributed by atoms with E-state index >= 15 is 0 Å². The van der Waals surface area contributed by atoms with Crippen molar-refractivity contribution in [3.05, 3.63) is 46.2 Å².